The van der Waals surface area contributed by atoms with Crippen LogP contribution in [0.25, 0.3) is 0 Å². The Morgan fingerprint density at radius 1 is 1.54 bits per heavy atom. The standard InChI is InChI=1S/C9H12O4/c1-12-6-3-4-8(10)7(5-6)9(11)13-2/h5-6H,3-4H2,1-2H3. The molecule has 1 atom stereocenters. The summed E-state index contributed by atoms with van der Waals surface area (Å²) in [6.07, 6.45) is 2.36. The Balaban J connectivity index is 2.83. The van der Waals surface area contributed by atoms with E-state index in [1.807, 2.05) is 0 Å². The lowest BCUT2D eigenvalue weighted by Crippen LogP contribution is -2.24. The van der Waals surface area contributed by atoms with Gasteiger partial charge in [0.05, 0.1) is 13.2 Å². The lowest BCUT2D eigenvalue weighted by Gasteiger charge is -2.17. The second-order valence-corrected chi connectivity index (χ2v) is 2.81. The fourth-order valence-electron chi connectivity index (χ4n) is 1.25. The molecule has 1 rings (SSSR count). The number of ether oxygens (including phenoxy) is 2. The SMILES string of the molecule is COC(=O)C1=CC(OC)CCC1=O. The number of carbonyl (C=O) groups excluding carboxylic acids is 2. The van der Waals surface area contributed by atoms with Crippen LogP contribution in [0.2, 0.25) is 0 Å². The summed E-state index contributed by atoms with van der Waals surface area (Å²) in [7, 11) is 2.80. The molecule has 0 saturated carbocycles. The second-order valence-electron chi connectivity index (χ2n) is 2.81. The van der Waals surface area contributed by atoms with Crippen LogP contribution in [-0.2, 0) is 19.1 Å². The first kappa shape index (κ1) is 9.92. The van der Waals surface area contributed by atoms with E-state index in [1.54, 1.807) is 7.11 Å². The molecule has 0 N–H and O–H groups in total. The molecule has 4 heteroatoms. The van der Waals surface area contributed by atoms with Crippen LogP contribution >= 0.6 is 0 Å². The van der Waals surface area contributed by atoms with Gasteiger partial charge in [-0.05, 0) is 12.5 Å². The third kappa shape index (κ3) is 2.15. The van der Waals surface area contributed by atoms with E-state index < -0.39 is 5.97 Å². The molecule has 0 amide bonds. The summed E-state index contributed by atoms with van der Waals surface area (Å²) >= 11 is 0. The maximum atomic E-state index is 11.2. The molecule has 0 aromatic heterocycles. The fraction of sp³-hybridized carbons (Fsp3) is 0.556. The lowest BCUT2D eigenvalue weighted by atomic mass is 9.96. The van der Waals surface area contributed by atoms with Crippen molar-refractivity contribution in [2.75, 3.05) is 14.2 Å². The van der Waals surface area contributed by atoms with Gasteiger partial charge in [-0.1, -0.05) is 0 Å². The van der Waals surface area contributed by atoms with Crippen LogP contribution in [0, 0.1) is 0 Å². The van der Waals surface area contributed by atoms with Crippen molar-refractivity contribution in [3.05, 3.63) is 11.6 Å². The zero-order chi connectivity index (χ0) is 9.84. The minimum absolute atomic E-state index is 0.112. The first-order valence-electron chi connectivity index (χ1n) is 4.05. The van der Waals surface area contributed by atoms with Crippen LogP contribution in [0.15, 0.2) is 11.6 Å². The van der Waals surface area contributed by atoms with Crippen LogP contribution in [0.3, 0.4) is 0 Å². The van der Waals surface area contributed by atoms with Crippen molar-refractivity contribution in [2.24, 2.45) is 0 Å². The molecule has 0 fully saturated rings. The van der Waals surface area contributed by atoms with Crippen LogP contribution in [0.4, 0.5) is 0 Å². The van der Waals surface area contributed by atoms with Crippen molar-refractivity contribution in [3.8, 4) is 0 Å². The van der Waals surface area contributed by atoms with Gasteiger partial charge in [0.25, 0.3) is 0 Å². The van der Waals surface area contributed by atoms with E-state index in [0.717, 1.165) is 0 Å². The van der Waals surface area contributed by atoms with Gasteiger partial charge < -0.3 is 9.47 Å². The highest BCUT2D eigenvalue weighted by molar-refractivity contribution is 6.17. The van der Waals surface area contributed by atoms with E-state index >= 15 is 0 Å². The van der Waals surface area contributed by atoms with E-state index in [-0.39, 0.29) is 17.5 Å². The number of rotatable bonds is 2. The summed E-state index contributed by atoms with van der Waals surface area (Å²) in [5.41, 5.74) is 0.112. The Morgan fingerprint density at radius 3 is 2.77 bits per heavy atom. The quantitative estimate of drug-likeness (QED) is 0.462. The number of hydrogen-bond acceptors (Lipinski definition) is 4. The summed E-state index contributed by atoms with van der Waals surface area (Å²) in [5, 5.41) is 0. The molecular formula is C9H12O4. The number of carbonyl (C=O) groups is 2. The molecule has 0 spiro atoms. The van der Waals surface area contributed by atoms with Crippen molar-refractivity contribution in [2.45, 2.75) is 18.9 Å². The molecule has 1 aliphatic rings. The minimum atomic E-state index is -0.577. The Kier molecular flexibility index (Phi) is 3.19. The average Bonchev–Trinajstić information content (AvgIpc) is 2.17. The zero-order valence-corrected chi connectivity index (χ0v) is 7.70. The molecule has 0 radical (unpaired) electrons. The van der Waals surface area contributed by atoms with Crippen LogP contribution in [0.5, 0.6) is 0 Å². The van der Waals surface area contributed by atoms with Gasteiger partial charge in [0.15, 0.2) is 5.78 Å². The average molecular weight is 184 g/mol. The van der Waals surface area contributed by atoms with Crippen LogP contribution in [0.1, 0.15) is 12.8 Å². The maximum absolute atomic E-state index is 11.2. The highest BCUT2D eigenvalue weighted by Gasteiger charge is 2.25. The summed E-state index contributed by atoms with van der Waals surface area (Å²) < 4.78 is 9.50. The number of esters is 1. The minimum Gasteiger partial charge on any atom is -0.465 e. The largest absolute Gasteiger partial charge is 0.465 e. The molecule has 0 heterocycles. The predicted molar refractivity (Wildman–Crippen MR) is 45.1 cm³/mol. The highest BCUT2D eigenvalue weighted by atomic mass is 16.5. The fourth-order valence-corrected chi connectivity index (χ4v) is 1.25. The van der Waals surface area contributed by atoms with Crippen molar-refractivity contribution in [1.82, 2.24) is 0 Å². The van der Waals surface area contributed by atoms with Crippen molar-refractivity contribution in [1.29, 1.82) is 0 Å². The summed E-state index contributed by atoms with van der Waals surface area (Å²) in [4.78, 5) is 22.3. The molecular weight excluding hydrogens is 172 g/mol. The van der Waals surface area contributed by atoms with Crippen molar-refractivity contribution in [3.63, 3.8) is 0 Å². The van der Waals surface area contributed by atoms with Gasteiger partial charge in [0, 0.05) is 13.5 Å². The van der Waals surface area contributed by atoms with Crippen molar-refractivity contribution < 1.29 is 19.1 Å². The lowest BCUT2D eigenvalue weighted by molar-refractivity contribution is -0.138. The molecule has 72 valence electrons. The van der Waals surface area contributed by atoms with Gasteiger partial charge in [-0.2, -0.15) is 0 Å². The topological polar surface area (TPSA) is 52.6 Å². The number of methoxy groups -OCH3 is 2. The first-order valence-corrected chi connectivity index (χ1v) is 4.05. The molecule has 1 aliphatic carbocycles. The number of ketones is 1. The molecule has 0 aromatic carbocycles. The van der Waals surface area contributed by atoms with Gasteiger partial charge in [-0.25, -0.2) is 4.79 Å². The van der Waals surface area contributed by atoms with Gasteiger partial charge in [-0.3, -0.25) is 4.79 Å². The normalized spacial score (nSPS) is 22.5. The van der Waals surface area contributed by atoms with Gasteiger partial charge in [0.1, 0.15) is 5.57 Å². The summed E-state index contributed by atoms with van der Waals surface area (Å²) in [6.45, 7) is 0. The van der Waals surface area contributed by atoms with E-state index in [9.17, 15) is 9.59 Å². The monoisotopic (exact) mass is 184 g/mol. The molecule has 0 aliphatic heterocycles. The summed E-state index contributed by atoms with van der Waals surface area (Å²) in [6, 6.07) is 0. The Hall–Kier alpha value is -1.16. The molecule has 0 bridgehead atoms. The third-order valence-electron chi connectivity index (χ3n) is 2.02. The van der Waals surface area contributed by atoms with Crippen LogP contribution in [-0.4, -0.2) is 32.1 Å². The van der Waals surface area contributed by atoms with Crippen LogP contribution < -0.4 is 0 Å². The van der Waals surface area contributed by atoms with E-state index in [1.165, 1.54) is 13.2 Å². The predicted octanol–water partition coefficient (Wildman–Crippen LogP) is 0.464. The molecule has 4 nitrogen and oxygen atoms in total. The smallest absolute Gasteiger partial charge is 0.341 e. The van der Waals surface area contributed by atoms with Gasteiger partial charge >= 0.3 is 5.97 Å². The number of Topliss-reactive ketones (excluding diaryl/α,β-unsaturated/α-hetero) is 1. The highest BCUT2D eigenvalue weighted by Crippen LogP contribution is 2.17. The van der Waals surface area contributed by atoms with E-state index in [4.69, 9.17) is 4.74 Å². The zero-order valence-electron chi connectivity index (χ0n) is 7.70. The third-order valence-corrected chi connectivity index (χ3v) is 2.02. The van der Waals surface area contributed by atoms with Gasteiger partial charge in [0.2, 0.25) is 0 Å². The van der Waals surface area contributed by atoms with E-state index in [0.29, 0.717) is 12.8 Å². The van der Waals surface area contributed by atoms with Crippen molar-refractivity contribution >= 4 is 11.8 Å². The van der Waals surface area contributed by atoms with E-state index in [2.05, 4.69) is 4.74 Å². The maximum Gasteiger partial charge on any atom is 0.341 e. The Morgan fingerprint density at radius 2 is 2.23 bits per heavy atom. The number of hydrogen-bond donors (Lipinski definition) is 0. The van der Waals surface area contributed by atoms with Gasteiger partial charge in [-0.15, -0.1) is 0 Å². The first-order chi connectivity index (χ1) is 6.19. The molecule has 0 saturated heterocycles. The molecule has 1 unspecified atom stereocenters. The summed E-state index contributed by atoms with van der Waals surface area (Å²) in [5.74, 6) is -0.744. The molecule has 0 aromatic rings. The second kappa shape index (κ2) is 4.18. The Labute approximate surface area is 76.5 Å². The Bertz CT molecular complexity index is 254. The molecule has 13 heavy (non-hydrogen) atoms.